The van der Waals surface area contributed by atoms with Gasteiger partial charge in [-0.2, -0.15) is 4.98 Å². The second kappa shape index (κ2) is 10.3. The van der Waals surface area contributed by atoms with Gasteiger partial charge in [-0.1, -0.05) is 36.9 Å². The van der Waals surface area contributed by atoms with Gasteiger partial charge >= 0.3 is 0 Å². The van der Waals surface area contributed by atoms with E-state index in [4.69, 9.17) is 4.74 Å². The highest BCUT2D eigenvalue weighted by Gasteiger charge is 2.22. The van der Waals surface area contributed by atoms with E-state index in [0.717, 1.165) is 62.8 Å². The third kappa shape index (κ3) is 5.40. The highest BCUT2D eigenvalue weighted by atomic mass is 32.2. The van der Waals surface area contributed by atoms with Gasteiger partial charge in [0.25, 0.3) is 5.56 Å². The number of nitrogens with zero attached hydrogens (tertiary/aromatic N) is 4. The van der Waals surface area contributed by atoms with E-state index < -0.39 is 0 Å². The second-order valence-corrected chi connectivity index (χ2v) is 10.3. The van der Waals surface area contributed by atoms with Crippen LogP contribution in [-0.2, 0) is 16.1 Å². The molecule has 2 saturated heterocycles. The largest absolute Gasteiger partial charge is 0.376 e. The number of thioether (sulfide) groups is 1. The standard InChI is InChI=1S/C21H31N5O3S2/c1-3-8-26-19(28)17-18(23-20(31-17)25-9-6-14(2)7-10-25)24-21(26)30-13-16(27)22-12-15-5-4-11-29-15/h14-15H,3-13H2,1-2H3,(H,22,27)/t15-/m1/s1. The molecule has 1 amide bonds. The first kappa shape index (κ1) is 22.5. The fourth-order valence-electron chi connectivity index (χ4n) is 3.96. The van der Waals surface area contributed by atoms with Crippen LogP contribution in [-0.4, -0.2) is 58.5 Å². The molecular weight excluding hydrogens is 434 g/mol. The number of anilines is 1. The summed E-state index contributed by atoms with van der Waals surface area (Å²) in [5, 5.41) is 4.37. The number of carbonyl (C=O) groups excluding carboxylic acids is 1. The first-order chi connectivity index (χ1) is 15.0. The molecule has 0 bridgehead atoms. The minimum atomic E-state index is -0.0701. The SMILES string of the molecule is CCCn1c(SCC(=O)NC[C@H]2CCCO2)nc2nc(N3CCC(C)CC3)sc2c1=O. The number of hydrogen-bond acceptors (Lipinski definition) is 8. The van der Waals surface area contributed by atoms with Gasteiger partial charge in [0.2, 0.25) is 5.91 Å². The molecule has 1 atom stereocenters. The molecule has 0 radical (unpaired) electrons. The average Bonchev–Trinajstić information content (AvgIpc) is 3.43. The molecule has 2 aromatic heterocycles. The summed E-state index contributed by atoms with van der Waals surface area (Å²) in [4.78, 5) is 37.1. The summed E-state index contributed by atoms with van der Waals surface area (Å²) in [7, 11) is 0. The van der Waals surface area contributed by atoms with Gasteiger partial charge in [-0.15, -0.1) is 0 Å². The maximum absolute atomic E-state index is 13.2. The summed E-state index contributed by atoms with van der Waals surface area (Å²) in [6.07, 6.45) is 5.27. The molecule has 2 aliphatic heterocycles. The molecule has 8 nitrogen and oxygen atoms in total. The van der Waals surface area contributed by atoms with Gasteiger partial charge in [0.1, 0.15) is 4.70 Å². The Labute approximate surface area is 190 Å². The smallest absolute Gasteiger partial charge is 0.273 e. The van der Waals surface area contributed by atoms with Crippen LogP contribution in [0.5, 0.6) is 0 Å². The molecule has 31 heavy (non-hydrogen) atoms. The third-order valence-corrected chi connectivity index (χ3v) is 7.92. The quantitative estimate of drug-likeness (QED) is 0.474. The van der Waals surface area contributed by atoms with Gasteiger partial charge in [-0.25, -0.2) is 4.98 Å². The van der Waals surface area contributed by atoms with E-state index in [-0.39, 0.29) is 23.3 Å². The molecule has 0 aromatic carbocycles. The Kier molecular flexibility index (Phi) is 7.50. The van der Waals surface area contributed by atoms with E-state index >= 15 is 0 Å². The second-order valence-electron chi connectivity index (χ2n) is 8.40. The van der Waals surface area contributed by atoms with Gasteiger partial charge in [-0.05, 0) is 38.0 Å². The van der Waals surface area contributed by atoms with Crippen LogP contribution in [0.15, 0.2) is 9.95 Å². The third-order valence-electron chi connectivity index (χ3n) is 5.85. The minimum Gasteiger partial charge on any atom is -0.376 e. The lowest BCUT2D eigenvalue weighted by molar-refractivity contribution is -0.119. The fourth-order valence-corrected chi connectivity index (χ4v) is 5.81. The van der Waals surface area contributed by atoms with Crippen molar-refractivity contribution in [2.75, 3.05) is 36.9 Å². The number of thiazole rings is 1. The number of piperidine rings is 1. The molecule has 0 unspecified atom stereocenters. The van der Waals surface area contributed by atoms with E-state index in [0.29, 0.717) is 28.6 Å². The molecule has 170 valence electrons. The summed E-state index contributed by atoms with van der Waals surface area (Å²) in [5.41, 5.74) is 0.446. The van der Waals surface area contributed by atoms with Crippen molar-refractivity contribution in [3.05, 3.63) is 10.4 Å². The summed E-state index contributed by atoms with van der Waals surface area (Å²) < 4.78 is 7.85. The molecule has 0 spiro atoms. The molecule has 0 saturated carbocycles. The number of ether oxygens (including phenoxy) is 1. The maximum Gasteiger partial charge on any atom is 0.273 e. The van der Waals surface area contributed by atoms with Crippen LogP contribution < -0.4 is 15.8 Å². The van der Waals surface area contributed by atoms with E-state index in [1.807, 2.05) is 6.92 Å². The first-order valence-corrected chi connectivity index (χ1v) is 13.0. The van der Waals surface area contributed by atoms with Crippen LogP contribution >= 0.6 is 23.1 Å². The first-order valence-electron chi connectivity index (χ1n) is 11.2. The van der Waals surface area contributed by atoms with Crippen LogP contribution in [0.3, 0.4) is 0 Å². The highest BCUT2D eigenvalue weighted by Crippen LogP contribution is 2.30. The van der Waals surface area contributed by atoms with Crippen LogP contribution in [0.2, 0.25) is 0 Å². The van der Waals surface area contributed by atoms with Crippen molar-refractivity contribution in [2.24, 2.45) is 5.92 Å². The van der Waals surface area contributed by atoms with Crippen molar-refractivity contribution in [2.45, 2.75) is 63.8 Å². The number of rotatable bonds is 8. The number of nitrogens with one attached hydrogen (secondary N) is 1. The summed E-state index contributed by atoms with van der Waals surface area (Å²) in [5.74, 6) is 0.884. The lowest BCUT2D eigenvalue weighted by atomic mass is 10.00. The molecule has 2 aliphatic rings. The van der Waals surface area contributed by atoms with E-state index in [1.165, 1.54) is 23.1 Å². The van der Waals surface area contributed by atoms with Crippen molar-refractivity contribution >= 4 is 44.5 Å². The average molecular weight is 466 g/mol. The highest BCUT2D eigenvalue weighted by molar-refractivity contribution is 7.99. The molecule has 4 rings (SSSR count). The van der Waals surface area contributed by atoms with Crippen LogP contribution in [0.25, 0.3) is 10.3 Å². The Hall–Kier alpha value is -1.65. The van der Waals surface area contributed by atoms with E-state index in [2.05, 4.69) is 27.1 Å². The number of amides is 1. The Morgan fingerprint density at radius 3 is 2.81 bits per heavy atom. The van der Waals surface area contributed by atoms with Crippen molar-refractivity contribution in [3.63, 3.8) is 0 Å². The van der Waals surface area contributed by atoms with Crippen molar-refractivity contribution in [1.82, 2.24) is 19.9 Å². The van der Waals surface area contributed by atoms with Crippen molar-refractivity contribution in [3.8, 4) is 0 Å². The number of hydrogen-bond donors (Lipinski definition) is 1. The van der Waals surface area contributed by atoms with Gasteiger partial charge in [0.05, 0.1) is 11.9 Å². The summed E-state index contributed by atoms with van der Waals surface area (Å²) in [6.45, 7) is 8.14. The molecule has 2 fully saturated rings. The van der Waals surface area contributed by atoms with Gasteiger partial charge in [0.15, 0.2) is 15.9 Å². The number of aromatic nitrogens is 3. The molecule has 2 aromatic rings. The number of carbonyl (C=O) groups is 1. The Balaban J connectivity index is 1.49. The predicted molar refractivity (Wildman–Crippen MR) is 125 cm³/mol. The Morgan fingerprint density at radius 2 is 2.10 bits per heavy atom. The summed E-state index contributed by atoms with van der Waals surface area (Å²) >= 11 is 2.75. The molecular formula is C21H31N5O3S2. The topological polar surface area (TPSA) is 89.3 Å². The minimum absolute atomic E-state index is 0.0526. The Morgan fingerprint density at radius 1 is 1.29 bits per heavy atom. The maximum atomic E-state index is 13.2. The molecule has 10 heteroatoms. The Bertz CT molecular complexity index is 962. The predicted octanol–water partition coefficient (Wildman–Crippen LogP) is 2.89. The zero-order valence-electron chi connectivity index (χ0n) is 18.3. The zero-order chi connectivity index (χ0) is 21.8. The van der Waals surface area contributed by atoms with Gasteiger partial charge in [0, 0.05) is 32.8 Å². The van der Waals surface area contributed by atoms with Crippen molar-refractivity contribution in [1.29, 1.82) is 0 Å². The van der Waals surface area contributed by atoms with Crippen LogP contribution in [0.4, 0.5) is 5.13 Å². The summed E-state index contributed by atoms with van der Waals surface area (Å²) in [6, 6.07) is 0. The fraction of sp³-hybridized carbons (Fsp3) is 0.714. The lowest BCUT2D eigenvalue weighted by Crippen LogP contribution is -2.33. The number of fused-ring (bicyclic) bond motifs is 1. The molecule has 4 heterocycles. The van der Waals surface area contributed by atoms with Gasteiger partial charge < -0.3 is 15.0 Å². The van der Waals surface area contributed by atoms with Crippen LogP contribution in [0.1, 0.15) is 46.0 Å². The monoisotopic (exact) mass is 465 g/mol. The van der Waals surface area contributed by atoms with Crippen molar-refractivity contribution < 1.29 is 9.53 Å². The zero-order valence-corrected chi connectivity index (χ0v) is 19.9. The lowest BCUT2D eigenvalue weighted by Gasteiger charge is -2.29. The molecule has 1 N–H and O–H groups in total. The normalized spacial score (nSPS) is 19.9. The van der Waals surface area contributed by atoms with Crippen LogP contribution in [0, 0.1) is 5.92 Å². The van der Waals surface area contributed by atoms with Gasteiger partial charge in [-0.3, -0.25) is 14.2 Å². The van der Waals surface area contributed by atoms with E-state index in [1.54, 1.807) is 4.57 Å². The van der Waals surface area contributed by atoms with E-state index in [9.17, 15) is 9.59 Å². The molecule has 0 aliphatic carbocycles.